The van der Waals surface area contributed by atoms with Gasteiger partial charge in [0.1, 0.15) is 17.5 Å². The molecule has 1 fully saturated rings. The van der Waals surface area contributed by atoms with Gasteiger partial charge in [0.25, 0.3) is 0 Å². The molecule has 1 aliphatic heterocycles. The summed E-state index contributed by atoms with van der Waals surface area (Å²) in [6, 6.07) is 2.07. The largest absolute Gasteiger partial charge is 0.394 e. The van der Waals surface area contributed by atoms with Crippen LogP contribution in [0, 0.1) is 11.3 Å². The zero-order valence-electron chi connectivity index (χ0n) is 10.5. The maximum atomic E-state index is 9.19. The van der Waals surface area contributed by atoms with Gasteiger partial charge in [-0.15, -0.1) is 0 Å². The van der Waals surface area contributed by atoms with E-state index in [1.807, 2.05) is 0 Å². The number of nitrogens with two attached hydrogens (primary N) is 1. The quantitative estimate of drug-likeness (QED) is 0.805. The predicted octanol–water partition coefficient (Wildman–Crippen LogP) is 1.21. The molecule has 7 nitrogen and oxygen atoms in total. The van der Waals surface area contributed by atoms with E-state index in [0.29, 0.717) is 16.6 Å². The molecule has 0 spiro atoms. The number of aromatic nitrogens is 3. The minimum atomic E-state index is -0.290. The normalized spacial score (nSPS) is 22.2. The fraction of sp³-hybridized carbons (Fsp3) is 0.417. The molecular formula is C12H12ClN5O2. The Morgan fingerprint density at radius 2 is 2.35 bits per heavy atom. The molecule has 0 bridgehead atoms. The maximum Gasteiger partial charge on any atom is 0.223 e. The number of nitrogen functional groups attached to an aromatic ring is 1. The number of hydrogen-bond donors (Lipinski definition) is 2. The van der Waals surface area contributed by atoms with E-state index in [0.717, 1.165) is 12.8 Å². The molecule has 2 aromatic heterocycles. The highest BCUT2D eigenvalue weighted by molar-refractivity contribution is 6.34. The van der Waals surface area contributed by atoms with Crippen LogP contribution in [0.4, 0.5) is 5.95 Å². The minimum absolute atomic E-state index is 0.0291. The average Bonchev–Trinajstić information content (AvgIpc) is 3.01. The number of hydrogen-bond acceptors (Lipinski definition) is 6. The Hall–Kier alpha value is -1.88. The third-order valence-corrected chi connectivity index (χ3v) is 3.64. The third-order valence-electron chi connectivity index (χ3n) is 3.36. The van der Waals surface area contributed by atoms with Gasteiger partial charge in [-0.3, -0.25) is 0 Å². The number of ether oxygens (including phenoxy) is 1. The molecule has 1 aliphatic rings. The van der Waals surface area contributed by atoms with Crippen LogP contribution in [0.2, 0.25) is 5.15 Å². The first-order valence-corrected chi connectivity index (χ1v) is 6.51. The Bertz CT molecular complexity index is 708. The molecule has 3 N–H and O–H groups in total. The van der Waals surface area contributed by atoms with Crippen LogP contribution in [-0.2, 0) is 4.74 Å². The summed E-state index contributed by atoms with van der Waals surface area (Å²) in [6.07, 6.45) is 2.62. The number of rotatable bonds is 2. The van der Waals surface area contributed by atoms with Crippen LogP contribution in [-0.4, -0.2) is 32.4 Å². The zero-order chi connectivity index (χ0) is 14.3. The van der Waals surface area contributed by atoms with Gasteiger partial charge in [-0.2, -0.15) is 10.2 Å². The first-order chi connectivity index (χ1) is 9.63. The molecule has 20 heavy (non-hydrogen) atoms. The van der Waals surface area contributed by atoms with Crippen LogP contribution in [0.3, 0.4) is 0 Å². The van der Waals surface area contributed by atoms with E-state index in [4.69, 9.17) is 27.2 Å². The Morgan fingerprint density at radius 1 is 1.55 bits per heavy atom. The summed E-state index contributed by atoms with van der Waals surface area (Å²) in [6.45, 7) is -0.0291. The van der Waals surface area contributed by atoms with Gasteiger partial charge in [-0.05, 0) is 12.8 Å². The number of aliphatic hydroxyl groups is 1. The lowest BCUT2D eigenvalue weighted by Gasteiger charge is -2.14. The molecule has 0 aliphatic carbocycles. The van der Waals surface area contributed by atoms with Gasteiger partial charge in [0, 0.05) is 6.20 Å². The van der Waals surface area contributed by atoms with Gasteiger partial charge in [-0.25, -0.2) is 4.98 Å². The molecule has 8 heteroatoms. The molecule has 0 amide bonds. The van der Waals surface area contributed by atoms with Gasteiger partial charge < -0.3 is 20.1 Å². The minimum Gasteiger partial charge on any atom is -0.394 e. The van der Waals surface area contributed by atoms with Crippen molar-refractivity contribution in [3.8, 4) is 6.07 Å². The molecule has 3 rings (SSSR count). The highest BCUT2D eigenvalue weighted by Gasteiger charge is 2.28. The Balaban J connectivity index is 2.15. The number of anilines is 1. The average molecular weight is 294 g/mol. The van der Waals surface area contributed by atoms with E-state index in [1.54, 1.807) is 10.8 Å². The number of nitrogens with zero attached hydrogens (tertiary/aromatic N) is 4. The summed E-state index contributed by atoms with van der Waals surface area (Å²) in [5.74, 6) is 0.0445. The first-order valence-electron chi connectivity index (χ1n) is 6.14. The summed E-state index contributed by atoms with van der Waals surface area (Å²) in [5, 5.41) is 18.9. The second-order valence-corrected chi connectivity index (χ2v) is 4.96. The number of aliphatic hydroxyl groups excluding tert-OH is 1. The van der Waals surface area contributed by atoms with Crippen molar-refractivity contribution >= 4 is 28.6 Å². The van der Waals surface area contributed by atoms with Crippen LogP contribution in [0.25, 0.3) is 11.0 Å². The zero-order valence-corrected chi connectivity index (χ0v) is 11.2. The lowest BCUT2D eigenvalue weighted by atomic mass is 10.2. The molecule has 0 saturated carbocycles. The summed E-state index contributed by atoms with van der Waals surface area (Å²) in [7, 11) is 0. The highest BCUT2D eigenvalue weighted by Crippen LogP contribution is 2.34. The smallest absolute Gasteiger partial charge is 0.223 e. The Morgan fingerprint density at radius 3 is 3.00 bits per heavy atom. The van der Waals surface area contributed by atoms with E-state index in [2.05, 4.69) is 16.0 Å². The molecule has 0 radical (unpaired) electrons. The number of halogens is 1. The Kier molecular flexibility index (Phi) is 3.22. The van der Waals surface area contributed by atoms with Crippen molar-refractivity contribution in [3.05, 3.63) is 16.9 Å². The number of fused-ring (bicyclic) bond motifs is 1. The lowest BCUT2D eigenvalue weighted by molar-refractivity contribution is -0.0204. The molecule has 3 heterocycles. The van der Waals surface area contributed by atoms with Gasteiger partial charge >= 0.3 is 0 Å². The molecule has 2 atom stereocenters. The van der Waals surface area contributed by atoms with Gasteiger partial charge in [0.15, 0.2) is 5.65 Å². The molecule has 1 saturated heterocycles. The van der Waals surface area contributed by atoms with Crippen molar-refractivity contribution in [1.29, 1.82) is 5.26 Å². The van der Waals surface area contributed by atoms with Crippen LogP contribution < -0.4 is 5.73 Å². The van der Waals surface area contributed by atoms with Gasteiger partial charge in [-0.1, -0.05) is 11.6 Å². The van der Waals surface area contributed by atoms with Gasteiger partial charge in [0.2, 0.25) is 5.95 Å². The monoisotopic (exact) mass is 293 g/mol. The van der Waals surface area contributed by atoms with Crippen molar-refractivity contribution in [3.63, 3.8) is 0 Å². The van der Waals surface area contributed by atoms with Crippen LogP contribution in [0.1, 0.15) is 24.6 Å². The van der Waals surface area contributed by atoms with Crippen molar-refractivity contribution in [2.45, 2.75) is 25.2 Å². The molecule has 0 aromatic carbocycles. The van der Waals surface area contributed by atoms with Crippen molar-refractivity contribution in [2.75, 3.05) is 12.3 Å². The highest BCUT2D eigenvalue weighted by atomic mass is 35.5. The Labute approximate surface area is 119 Å². The predicted molar refractivity (Wildman–Crippen MR) is 71.9 cm³/mol. The first kappa shape index (κ1) is 13.1. The maximum absolute atomic E-state index is 9.19. The van der Waals surface area contributed by atoms with E-state index in [-0.39, 0.29) is 30.0 Å². The molecule has 104 valence electrons. The van der Waals surface area contributed by atoms with Crippen molar-refractivity contribution < 1.29 is 9.84 Å². The van der Waals surface area contributed by atoms with Crippen LogP contribution in [0.15, 0.2) is 6.20 Å². The second-order valence-electron chi connectivity index (χ2n) is 4.61. The van der Waals surface area contributed by atoms with Crippen molar-refractivity contribution in [1.82, 2.24) is 14.5 Å². The second kappa shape index (κ2) is 4.90. The third kappa shape index (κ3) is 1.98. The van der Waals surface area contributed by atoms with E-state index in [1.165, 1.54) is 0 Å². The molecule has 2 aromatic rings. The van der Waals surface area contributed by atoms with E-state index in [9.17, 15) is 5.26 Å². The van der Waals surface area contributed by atoms with Crippen molar-refractivity contribution in [2.24, 2.45) is 0 Å². The van der Waals surface area contributed by atoms with Crippen LogP contribution >= 0.6 is 11.6 Å². The standard InChI is InChI=1S/C12H12ClN5O2/c13-10-9-6(3-14)4-18(11(9)17-12(15)16-10)8-2-1-7(5-19)20-8/h4,7-8,19H,1-2,5H2,(H2,15,16,17)/t7-,8+/m0/s1. The SMILES string of the molecule is N#Cc1cn([C@H]2CC[C@@H](CO)O2)c2nc(N)nc(Cl)c12. The fourth-order valence-corrected chi connectivity index (χ4v) is 2.72. The fourth-order valence-electron chi connectivity index (χ4n) is 2.45. The summed E-state index contributed by atoms with van der Waals surface area (Å²) in [4.78, 5) is 8.02. The topological polar surface area (TPSA) is 110 Å². The van der Waals surface area contributed by atoms with Gasteiger partial charge in [0.05, 0.1) is 23.7 Å². The molecular weight excluding hydrogens is 282 g/mol. The summed E-state index contributed by atoms with van der Waals surface area (Å²) in [5.41, 5.74) is 6.46. The number of nitriles is 1. The molecule has 0 unspecified atom stereocenters. The van der Waals surface area contributed by atoms with E-state index >= 15 is 0 Å². The van der Waals surface area contributed by atoms with Crippen LogP contribution in [0.5, 0.6) is 0 Å². The van der Waals surface area contributed by atoms with E-state index < -0.39 is 0 Å². The summed E-state index contributed by atoms with van der Waals surface area (Å²) >= 11 is 6.05. The summed E-state index contributed by atoms with van der Waals surface area (Å²) < 4.78 is 7.43. The lowest BCUT2D eigenvalue weighted by Crippen LogP contribution is -2.14.